The minimum Gasteiger partial charge on any atom is -0.393 e. The molecular weight excluding hydrogens is 372 g/mol. The van der Waals surface area contributed by atoms with E-state index in [-0.39, 0.29) is 11.5 Å². The summed E-state index contributed by atoms with van der Waals surface area (Å²) in [4.78, 5) is 5.22. The summed E-state index contributed by atoms with van der Waals surface area (Å²) in [7, 11) is 0. The van der Waals surface area contributed by atoms with Crippen LogP contribution >= 0.6 is 0 Å². The normalized spacial score (nSPS) is 48.9. The lowest BCUT2D eigenvalue weighted by Gasteiger charge is -2.62. The maximum Gasteiger partial charge on any atom is 0.129 e. The average molecular weight is 419 g/mol. The summed E-state index contributed by atoms with van der Waals surface area (Å²) in [5.41, 5.74) is -0.336. The number of hydrogen-bond donors (Lipinski definition) is 2. The van der Waals surface area contributed by atoms with Crippen molar-refractivity contribution < 1.29 is 15.3 Å². The number of aliphatic hydroxyl groups excluding tert-OH is 1. The van der Waals surface area contributed by atoms with Gasteiger partial charge in [-0.05, 0) is 79.4 Å². The number of allylic oxidation sites excluding steroid dienone is 1. The van der Waals surface area contributed by atoms with Crippen LogP contribution < -0.4 is 0 Å². The Labute approximate surface area is 184 Å². The maximum absolute atomic E-state index is 10.3. The van der Waals surface area contributed by atoms with Crippen molar-refractivity contribution in [3.63, 3.8) is 0 Å². The molecular formula is C27H46O3. The molecule has 4 aliphatic rings. The van der Waals surface area contributed by atoms with Gasteiger partial charge in [0.1, 0.15) is 5.60 Å². The molecule has 3 nitrogen and oxygen atoms in total. The zero-order valence-electron chi connectivity index (χ0n) is 20.1. The number of fused-ring (bicyclic) bond motifs is 5. The molecule has 0 amide bonds. The molecule has 4 aliphatic carbocycles. The zero-order valence-corrected chi connectivity index (χ0v) is 20.1. The van der Waals surface area contributed by atoms with Crippen LogP contribution in [0.15, 0.2) is 12.2 Å². The number of hydrogen-bond acceptors (Lipinski definition) is 3. The van der Waals surface area contributed by atoms with Gasteiger partial charge in [-0.25, -0.2) is 4.89 Å². The predicted octanol–water partition coefficient (Wildman–Crippen LogP) is 6.86. The average Bonchev–Trinajstić information content (AvgIpc) is 3.05. The lowest BCUT2D eigenvalue weighted by Crippen LogP contribution is -2.61. The van der Waals surface area contributed by atoms with Crippen LogP contribution in [-0.4, -0.2) is 22.1 Å². The molecule has 3 saturated carbocycles. The van der Waals surface area contributed by atoms with Crippen LogP contribution in [0.25, 0.3) is 0 Å². The fourth-order valence-corrected chi connectivity index (χ4v) is 8.79. The Morgan fingerprint density at radius 1 is 1.00 bits per heavy atom. The number of aliphatic hydroxyl groups is 1. The summed E-state index contributed by atoms with van der Waals surface area (Å²) in [6.07, 6.45) is 15.9. The molecule has 0 aliphatic heterocycles. The molecule has 3 fully saturated rings. The van der Waals surface area contributed by atoms with Gasteiger partial charge in [-0.3, -0.25) is 5.26 Å². The molecule has 3 heteroatoms. The highest BCUT2D eigenvalue weighted by molar-refractivity contribution is 5.25. The molecule has 0 bridgehead atoms. The van der Waals surface area contributed by atoms with Crippen LogP contribution in [0.5, 0.6) is 0 Å². The molecule has 4 rings (SSSR count). The topological polar surface area (TPSA) is 49.7 Å². The largest absolute Gasteiger partial charge is 0.393 e. The predicted molar refractivity (Wildman–Crippen MR) is 122 cm³/mol. The van der Waals surface area contributed by atoms with Crippen molar-refractivity contribution >= 4 is 0 Å². The minimum absolute atomic E-state index is 0.0807. The van der Waals surface area contributed by atoms with Crippen molar-refractivity contribution in [2.75, 3.05) is 0 Å². The lowest BCUT2D eigenvalue weighted by molar-refractivity contribution is -0.361. The molecule has 0 saturated heterocycles. The SMILES string of the molecule is CC(C)CCC[C@@H](C)C1CC[C@H]2[C@@H]3C=C[C@]4(OO)C[C@@H](O)CC[C@]4(C)[C@H]3CC[C@]12C. The van der Waals surface area contributed by atoms with Crippen molar-refractivity contribution in [2.24, 2.45) is 46.3 Å². The molecule has 0 aromatic heterocycles. The summed E-state index contributed by atoms with van der Waals surface area (Å²) in [6, 6.07) is 0. The van der Waals surface area contributed by atoms with Gasteiger partial charge in [-0.2, -0.15) is 0 Å². The van der Waals surface area contributed by atoms with E-state index in [9.17, 15) is 10.4 Å². The van der Waals surface area contributed by atoms with E-state index < -0.39 is 5.60 Å². The van der Waals surface area contributed by atoms with E-state index in [4.69, 9.17) is 4.89 Å². The van der Waals surface area contributed by atoms with E-state index in [1.54, 1.807) is 0 Å². The van der Waals surface area contributed by atoms with Crippen LogP contribution in [0.1, 0.15) is 98.8 Å². The van der Waals surface area contributed by atoms with Gasteiger partial charge in [0.2, 0.25) is 0 Å². The summed E-state index contributed by atoms with van der Waals surface area (Å²) in [6.45, 7) is 12.1. The first-order valence-corrected chi connectivity index (χ1v) is 12.9. The second kappa shape index (κ2) is 8.19. The molecule has 30 heavy (non-hydrogen) atoms. The molecule has 0 spiro atoms. The van der Waals surface area contributed by atoms with Gasteiger partial charge in [0.25, 0.3) is 0 Å². The standard InChI is InChI=1S/C27H46O3/c1-18(2)7-6-8-19(3)22-9-10-23-21-12-16-27(30-29)17-20(28)11-15-26(27,5)24(21)13-14-25(22,23)4/h12,16,18-24,28-29H,6-11,13-15,17H2,1-5H3/t19-,20+,21+,22?,23+,24+,25-,26-,27+/m1/s1. The highest BCUT2D eigenvalue weighted by Gasteiger charge is 2.64. The van der Waals surface area contributed by atoms with Crippen molar-refractivity contribution in [1.82, 2.24) is 0 Å². The van der Waals surface area contributed by atoms with Crippen molar-refractivity contribution in [3.05, 3.63) is 12.2 Å². The van der Waals surface area contributed by atoms with Crippen LogP contribution in [0.3, 0.4) is 0 Å². The van der Waals surface area contributed by atoms with E-state index in [0.29, 0.717) is 23.7 Å². The molecule has 1 unspecified atom stereocenters. The fraction of sp³-hybridized carbons (Fsp3) is 0.926. The van der Waals surface area contributed by atoms with Crippen LogP contribution in [0.4, 0.5) is 0 Å². The lowest BCUT2D eigenvalue weighted by atomic mass is 9.45. The number of rotatable bonds is 6. The minimum atomic E-state index is -0.707. The fourth-order valence-electron chi connectivity index (χ4n) is 8.79. The highest BCUT2D eigenvalue weighted by atomic mass is 17.1. The smallest absolute Gasteiger partial charge is 0.129 e. The second-order valence-electron chi connectivity index (χ2n) is 12.5. The van der Waals surface area contributed by atoms with Crippen molar-refractivity contribution in [2.45, 2.75) is 111 Å². The van der Waals surface area contributed by atoms with Crippen molar-refractivity contribution in [3.8, 4) is 0 Å². The van der Waals surface area contributed by atoms with Gasteiger partial charge < -0.3 is 5.11 Å². The van der Waals surface area contributed by atoms with Crippen LogP contribution in [0.2, 0.25) is 0 Å². The Morgan fingerprint density at radius 3 is 2.47 bits per heavy atom. The summed E-state index contributed by atoms with van der Waals surface area (Å²) >= 11 is 0. The van der Waals surface area contributed by atoms with E-state index >= 15 is 0 Å². The second-order valence-corrected chi connectivity index (χ2v) is 12.5. The quantitative estimate of drug-likeness (QED) is 0.281. The Balaban J connectivity index is 1.55. The first-order valence-electron chi connectivity index (χ1n) is 12.9. The van der Waals surface area contributed by atoms with E-state index in [1.165, 1.54) is 44.9 Å². The van der Waals surface area contributed by atoms with Gasteiger partial charge >= 0.3 is 0 Å². The zero-order chi connectivity index (χ0) is 21.7. The third-order valence-electron chi connectivity index (χ3n) is 10.6. The van der Waals surface area contributed by atoms with E-state index in [2.05, 4.69) is 46.8 Å². The van der Waals surface area contributed by atoms with E-state index in [0.717, 1.165) is 36.5 Å². The third-order valence-corrected chi connectivity index (χ3v) is 10.6. The third kappa shape index (κ3) is 3.42. The maximum atomic E-state index is 10.3. The molecule has 0 heterocycles. The van der Waals surface area contributed by atoms with Gasteiger partial charge in [-0.1, -0.05) is 66.0 Å². The van der Waals surface area contributed by atoms with Gasteiger partial charge in [0.15, 0.2) is 0 Å². The Hall–Kier alpha value is -0.380. The monoisotopic (exact) mass is 418 g/mol. The first kappa shape index (κ1) is 22.8. The molecule has 0 aromatic carbocycles. The molecule has 172 valence electrons. The Morgan fingerprint density at radius 2 is 1.77 bits per heavy atom. The van der Waals surface area contributed by atoms with Crippen molar-refractivity contribution in [1.29, 1.82) is 0 Å². The van der Waals surface area contributed by atoms with Gasteiger partial charge in [-0.15, -0.1) is 0 Å². The Kier molecular flexibility index (Phi) is 6.23. The molecule has 0 aromatic rings. The van der Waals surface area contributed by atoms with E-state index in [1.807, 2.05) is 0 Å². The summed E-state index contributed by atoms with van der Waals surface area (Å²) < 4.78 is 0. The van der Waals surface area contributed by atoms with Crippen LogP contribution in [-0.2, 0) is 4.89 Å². The summed E-state index contributed by atoms with van der Waals surface area (Å²) in [5.74, 6) is 4.39. The Bertz CT molecular complexity index is 644. The molecule has 0 radical (unpaired) electrons. The summed E-state index contributed by atoms with van der Waals surface area (Å²) in [5, 5.41) is 20.3. The van der Waals surface area contributed by atoms with Gasteiger partial charge in [0.05, 0.1) is 6.10 Å². The first-order chi connectivity index (χ1) is 14.2. The molecule has 9 atom stereocenters. The molecule has 2 N–H and O–H groups in total. The van der Waals surface area contributed by atoms with Gasteiger partial charge in [0, 0.05) is 11.8 Å². The highest BCUT2D eigenvalue weighted by Crippen LogP contribution is 2.68. The van der Waals surface area contributed by atoms with Crippen LogP contribution in [0, 0.1) is 46.3 Å².